The van der Waals surface area contributed by atoms with Crippen LogP contribution in [0.3, 0.4) is 0 Å². The molecular weight excluding hydrogens is 591 g/mol. The number of hydrogen-bond acceptors (Lipinski definition) is 2. The average Bonchev–Trinajstić information content (AvgIpc) is 3.04. The summed E-state index contributed by atoms with van der Waals surface area (Å²) in [5.41, 5.74) is 6.34. The summed E-state index contributed by atoms with van der Waals surface area (Å²) in [4.78, 5) is 10.5. The third-order valence-corrected chi connectivity index (χ3v) is 8.17. The van der Waals surface area contributed by atoms with Gasteiger partial charge in [0.1, 0.15) is 0 Å². The first-order chi connectivity index (χ1) is 21.7. The number of unbranched alkanes of at least 4 members (excludes halogenated alkanes) is 16. The molecule has 2 aromatic rings. The number of hydrogen-bond donors (Lipinski definition) is 0. The number of benzene rings is 2. The summed E-state index contributed by atoms with van der Waals surface area (Å²) in [5.74, 6) is 12.3. The zero-order valence-corrected chi connectivity index (χ0v) is 30.0. The molecule has 0 heterocycles. The van der Waals surface area contributed by atoms with Crippen LogP contribution in [0.1, 0.15) is 167 Å². The molecule has 0 bridgehead atoms. The fraction of sp³-hybridized carbons (Fsp3) is 0.571. The van der Waals surface area contributed by atoms with Gasteiger partial charge in [-0.3, -0.25) is 9.98 Å². The van der Waals surface area contributed by atoms with E-state index in [1.54, 1.807) is 0 Å². The van der Waals surface area contributed by atoms with Crippen molar-refractivity contribution in [3.8, 4) is 23.7 Å². The van der Waals surface area contributed by atoms with Crippen LogP contribution >= 0.6 is 0 Å². The quantitative estimate of drug-likeness (QED) is 0.0494. The fourth-order valence-electron chi connectivity index (χ4n) is 5.57. The molecule has 2 aromatic carbocycles. The SMILES string of the molecule is CC#Cc1ccc(/N=C(CCCCCCCC)/C(CCCCCCCCCCCCCC)=N/c2ccc(C#CC)cc2)cc1.[Ni]. The van der Waals surface area contributed by atoms with Gasteiger partial charge in [0.15, 0.2) is 0 Å². The minimum Gasteiger partial charge on any atom is -0.252 e. The van der Waals surface area contributed by atoms with Gasteiger partial charge in [0, 0.05) is 27.6 Å². The fourth-order valence-corrected chi connectivity index (χ4v) is 5.57. The Balaban J connectivity index is 0.0000101. The van der Waals surface area contributed by atoms with Gasteiger partial charge >= 0.3 is 0 Å². The Morgan fingerprint density at radius 1 is 0.444 bits per heavy atom. The molecule has 0 N–H and O–H groups in total. The van der Waals surface area contributed by atoms with Crippen molar-refractivity contribution in [1.29, 1.82) is 0 Å². The summed E-state index contributed by atoms with van der Waals surface area (Å²) in [6.07, 6.45) is 25.9. The maximum Gasteiger partial charge on any atom is 0.0634 e. The third kappa shape index (κ3) is 19.5. The molecule has 0 atom stereocenters. The van der Waals surface area contributed by atoms with Crippen LogP contribution < -0.4 is 0 Å². The maximum atomic E-state index is 5.24. The van der Waals surface area contributed by atoms with E-state index in [4.69, 9.17) is 9.98 Å². The molecule has 3 heteroatoms. The van der Waals surface area contributed by atoms with Gasteiger partial charge in [-0.05, 0) is 88.1 Å². The number of aliphatic imine (C=N–C) groups is 2. The van der Waals surface area contributed by atoms with Gasteiger partial charge in [-0.2, -0.15) is 0 Å². The number of nitrogens with zero attached hydrogens (tertiary/aromatic N) is 2. The number of rotatable bonds is 23. The zero-order chi connectivity index (χ0) is 31.5. The van der Waals surface area contributed by atoms with Crippen LogP contribution in [0, 0.1) is 23.7 Å². The minimum absolute atomic E-state index is 0. The Kier molecular flexibility index (Phi) is 24.9. The molecule has 0 amide bonds. The predicted octanol–water partition coefficient (Wildman–Crippen LogP) is 13.1. The molecule has 0 aromatic heterocycles. The summed E-state index contributed by atoms with van der Waals surface area (Å²) in [6, 6.07) is 16.7. The molecular formula is C42H60N2Ni. The molecule has 0 aliphatic heterocycles. The van der Waals surface area contributed by atoms with Gasteiger partial charge in [-0.15, -0.1) is 11.8 Å². The molecule has 0 fully saturated rings. The second-order valence-electron chi connectivity index (χ2n) is 12.1. The van der Waals surface area contributed by atoms with Crippen LogP contribution in [0.15, 0.2) is 58.5 Å². The molecule has 0 unspecified atom stereocenters. The van der Waals surface area contributed by atoms with Crippen LogP contribution in [0.2, 0.25) is 0 Å². The Morgan fingerprint density at radius 2 is 0.733 bits per heavy atom. The molecule has 2 nitrogen and oxygen atoms in total. The Morgan fingerprint density at radius 3 is 1.02 bits per heavy atom. The predicted molar refractivity (Wildman–Crippen MR) is 196 cm³/mol. The first-order valence-corrected chi connectivity index (χ1v) is 17.9. The van der Waals surface area contributed by atoms with Crippen molar-refractivity contribution in [1.82, 2.24) is 0 Å². The van der Waals surface area contributed by atoms with E-state index in [0.717, 1.165) is 59.6 Å². The van der Waals surface area contributed by atoms with Crippen molar-refractivity contribution in [3.05, 3.63) is 59.7 Å². The first kappa shape index (κ1) is 40.4. The standard InChI is InChI=1S/C42H60N2.Ni/c1-5-9-11-13-15-16-17-18-19-20-22-24-28-42(44-40-35-31-38(26-8-4)32-36-40)41(27-23-21-14-12-10-6-2)43-39-33-29-37(25-7-3)30-34-39;/h29-36H,5-6,9-24,27-28H2,1-4H3;/b43-41+,44-42+;. The Bertz CT molecular complexity index is 1200. The van der Waals surface area contributed by atoms with Gasteiger partial charge in [-0.1, -0.05) is 128 Å². The topological polar surface area (TPSA) is 24.7 Å². The summed E-state index contributed by atoms with van der Waals surface area (Å²) in [5, 5.41) is 0. The molecule has 0 radical (unpaired) electrons. The summed E-state index contributed by atoms with van der Waals surface area (Å²) in [7, 11) is 0. The van der Waals surface area contributed by atoms with Crippen molar-refractivity contribution >= 4 is 22.8 Å². The zero-order valence-electron chi connectivity index (χ0n) is 29.0. The summed E-state index contributed by atoms with van der Waals surface area (Å²) < 4.78 is 0. The van der Waals surface area contributed by atoms with E-state index in [1.807, 2.05) is 13.8 Å². The molecule has 248 valence electrons. The van der Waals surface area contributed by atoms with Crippen LogP contribution in [-0.2, 0) is 16.5 Å². The maximum absolute atomic E-state index is 5.24. The molecule has 45 heavy (non-hydrogen) atoms. The van der Waals surface area contributed by atoms with E-state index in [9.17, 15) is 0 Å². The van der Waals surface area contributed by atoms with E-state index >= 15 is 0 Å². The molecule has 2 rings (SSSR count). The molecule has 0 saturated carbocycles. The summed E-state index contributed by atoms with van der Waals surface area (Å²) >= 11 is 0. The van der Waals surface area contributed by atoms with Gasteiger partial charge in [0.2, 0.25) is 0 Å². The van der Waals surface area contributed by atoms with E-state index in [-0.39, 0.29) is 16.5 Å². The van der Waals surface area contributed by atoms with E-state index in [0.29, 0.717) is 0 Å². The van der Waals surface area contributed by atoms with Crippen LogP contribution in [0.5, 0.6) is 0 Å². The largest absolute Gasteiger partial charge is 0.252 e. The van der Waals surface area contributed by atoms with Gasteiger partial charge in [0.05, 0.1) is 22.8 Å². The van der Waals surface area contributed by atoms with Crippen molar-refractivity contribution in [3.63, 3.8) is 0 Å². The first-order valence-electron chi connectivity index (χ1n) is 17.9. The van der Waals surface area contributed by atoms with E-state index in [2.05, 4.69) is 86.1 Å². The van der Waals surface area contributed by atoms with E-state index < -0.39 is 0 Å². The van der Waals surface area contributed by atoms with Gasteiger partial charge < -0.3 is 0 Å². The van der Waals surface area contributed by atoms with Crippen LogP contribution in [0.4, 0.5) is 11.4 Å². The van der Waals surface area contributed by atoms with Crippen molar-refractivity contribution in [2.24, 2.45) is 9.98 Å². The molecule has 0 aliphatic rings. The van der Waals surface area contributed by atoms with Crippen molar-refractivity contribution in [2.75, 3.05) is 0 Å². The van der Waals surface area contributed by atoms with Crippen molar-refractivity contribution in [2.45, 2.75) is 156 Å². The van der Waals surface area contributed by atoms with Crippen LogP contribution in [0.25, 0.3) is 0 Å². The van der Waals surface area contributed by atoms with Gasteiger partial charge in [-0.25, -0.2) is 0 Å². The third-order valence-electron chi connectivity index (χ3n) is 8.17. The Hall–Kier alpha value is -2.61. The monoisotopic (exact) mass is 650 g/mol. The van der Waals surface area contributed by atoms with E-state index in [1.165, 1.54) is 103 Å². The van der Waals surface area contributed by atoms with Crippen molar-refractivity contribution < 1.29 is 16.5 Å². The molecule has 0 aliphatic carbocycles. The Labute approximate surface area is 287 Å². The van der Waals surface area contributed by atoms with Crippen LogP contribution in [-0.4, -0.2) is 11.4 Å². The second kappa shape index (κ2) is 27.7. The smallest absolute Gasteiger partial charge is 0.0634 e. The van der Waals surface area contributed by atoms with Gasteiger partial charge in [0.25, 0.3) is 0 Å². The average molecular weight is 652 g/mol. The second-order valence-corrected chi connectivity index (χ2v) is 12.1. The molecule has 0 spiro atoms. The summed E-state index contributed by atoms with van der Waals surface area (Å²) in [6.45, 7) is 8.33. The minimum atomic E-state index is 0. The normalized spacial score (nSPS) is 11.3. The molecule has 0 saturated heterocycles.